The van der Waals surface area contributed by atoms with Gasteiger partial charge in [0, 0.05) is 43.1 Å². The van der Waals surface area contributed by atoms with E-state index in [1.807, 2.05) is 48.1 Å². The van der Waals surface area contributed by atoms with Crippen molar-refractivity contribution in [1.29, 1.82) is 0 Å². The molecule has 0 aliphatic rings. The van der Waals surface area contributed by atoms with E-state index in [0.29, 0.717) is 6.54 Å². The Morgan fingerprint density at radius 1 is 1.20 bits per heavy atom. The molecule has 25 heavy (non-hydrogen) atoms. The fraction of sp³-hybridized carbons (Fsp3) is 0.278. The maximum atomic E-state index is 12.1. The van der Waals surface area contributed by atoms with Crippen LogP contribution in [0.3, 0.4) is 0 Å². The van der Waals surface area contributed by atoms with E-state index < -0.39 is 0 Å². The molecule has 0 aliphatic heterocycles. The highest BCUT2D eigenvalue weighted by molar-refractivity contribution is 5.94. The molecule has 0 saturated heterocycles. The van der Waals surface area contributed by atoms with Gasteiger partial charge in [-0.05, 0) is 36.8 Å². The number of amides is 2. The SMILES string of the molecule is Cc1cnn(CC(=O)Nc2ccc3c(ccn3CC(=O)N(C)C)c2)c1. The average Bonchev–Trinajstić information content (AvgIpc) is 3.13. The van der Waals surface area contributed by atoms with Crippen LogP contribution < -0.4 is 5.32 Å². The summed E-state index contributed by atoms with van der Waals surface area (Å²) in [5, 5.41) is 7.96. The molecule has 2 amide bonds. The molecule has 3 rings (SSSR count). The molecule has 2 heterocycles. The van der Waals surface area contributed by atoms with E-state index in [4.69, 9.17) is 0 Å². The second-order valence-electron chi connectivity index (χ2n) is 6.27. The number of aromatic nitrogens is 3. The average molecular weight is 339 g/mol. The third-order valence-corrected chi connectivity index (χ3v) is 3.93. The third-order valence-electron chi connectivity index (χ3n) is 3.93. The van der Waals surface area contributed by atoms with Crippen molar-refractivity contribution < 1.29 is 9.59 Å². The van der Waals surface area contributed by atoms with Gasteiger partial charge in [0.05, 0.1) is 6.20 Å². The van der Waals surface area contributed by atoms with E-state index in [9.17, 15) is 9.59 Å². The summed E-state index contributed by atoms with van der Waals surface area (Å²) in [7, 11) is 3.48. The largest absolute Gasteiger partial charge is 0.347 e. The van der Waals surface area contributed by atoms with Crippen LogP contribution in [0.4, 0.5) is 5.69 Å². The summed E-state index contributed by atoms with van der Waals surface area (Å²) in [5.74, 6) is -0.103. The quantitative estimate of drug-likeness (QED) is 0.771. The maximum absolute atomic E-state index is 12.1. The molecule has 130 valence electrons. The number of fused-ring (bicyclic) bond motifs is 1. The Balaban J connectivity index is 1.71. The number of aryl methyl sites for hydroxylation is 1. The molecule has 0 atom stereocenters. The van der Waals surface area contributed by atoms with Crippen molar-refractivity contribution >= 4 is 28.4 Å². The Morgan fingerprint density at radius 3 is 2.68 bits per heavy atom. The van der Waals surface area contributed by atoms with Crippen molar-refractivity contribution in [3.63, 3.8) is 0 Å². The van der Waals surface area contributed by atoms with Gasteiger partial charge in [-0.15, -0.1) is 0 Å². The van der Waals surface area contributed by atoms with E-state index in [1.165, 1.54) is 0 Å². The van der Waals surface area contributed by atoms with Gasteiger partial charge in [-0.25, -0.2) is 0 Å². The molecule has 1 aromatic carbocycles. The van der Waals surface area contributed by atoms with Gasteiger partial charge in [0.1, 0.15) is 13.1 Å². The van der Waals surface area contributed by atoms with Gasteiger partial charge < -0.3 is 14.8 Å². The van der Waals surface area contributed by atoms with Gasteiger partial charge in [-0.3, -0.25) is 14.3 Å². The lowest BCUT2D eigenvalue weighted by Gasteiger charge is -2.12. The summed E-state index contributed by atoms with van der Waals surface area (Å²) in [6.07, 6.45) is 5.42. The summed E-state index contributed by atoms with van der Waals surface area (Å²) >= 11 is 0. The van der Waals surface area contributed by atoms with E-state index in [1.54, 1.807) is 29.9 Å². The molecule has 1 N–H and O–H groups in total. The van der Waals surface area contributed by atoms with Gasteiger partial charge in [-0.1, -0.05) is 0 Å². The van der Waals surface area contributed by atoms with Crippen LogP contribution in [0, 0.1) is 6.92 Å². The molecular weight excluding hydrogens is 318 g/mol. The molecule has 2 aromatic heterocycles. The van der Waals surface area contributed by atoms with Gasteiger partial charge in [0.25, 0.3) is 0 Å². The number of carbonyl (C=O) groups is 2. The van der Waals surface area contributed by atoms with Crippen molar-refractivity contribution in [2.24, 2.45) is 0 Å². The lowest BCUT2D eigenvalue weighted by Crippen LogP contribution is -2.25. The number of nitrogens with one attached hydrogen (secondary N) is 1. The van der Waals surface area contributed by atoms with Crippen LogP contribution in [-0.4, -0.2) is 45.2 Å². The fourth-order valence-corrected chi connectivity index (χ4v) is 2.60. The van der Waals surface area contributed by atoms with Crippen LogP contribution in [0.2, 0.25) is 0 Å². The van der Waals surface area contributed by atoms with Crippen LogP contribution in [-0.2, 0) is 22.7 Å². The number of rotatable bonds is 5. The summed E-state index contributed by atoms with van der Waals surface area (Å²) < 4.78 is 3.50. The number of benzene rings is 1. The normalized spacial score (nSPS) is 10.8. The minimum Gasteiger partial charge on any atom is -0.347 e. The molecule has 7 heteroatoms. The molecule has 3 aromatic rings. The number of nitrogens with zero attached hydrogens (tertiary/aromatic N) is 4. The lowest BCUT2D eigenvalue weighted by atomic mass is 10.2. The first-order valence-electron chi connectivity index (χ1n) is 8.00. The number of anilines is 1. The molecule has 0 aliphatic carbocycles. The summed E-state index contributed by atoms with van der Waals surface area (Å²) in [4.78, 5) is 25.6. The van der Waals surface area contributed by atoms with Crippen LogP contribution in [0.15, 0.2) is 42.9 Å². The Morgan fingerprint density at radius 2 is 2.00 bits per heavy atom. The van der Waals surface area contributed by atoms with Crippen molar-refractivity contribution in [1.82, 2.24) is 19.2 Å². The summed E-state index contributed by atoms with van der Waals surface area (Å²) in [6.45, 7) is 2.39. The molecule has 0 bridgehead atoms. The second-order valence-corrected chi connectivity index (χ2v) is 6.27. The molecule has 0 unspecified atom stereocenters. The summed E-state index contributed by atoms with van der Waals surface area (Å²) in [6, 6.07) is 7.58. The molecule has 0 radical (unpaired) electrons. The standard InChI is InChI=1S/C18H21N5O2/c1-13-9-19-23(10-13)11-17(24)20-15-4-5-16-14(8-15)6-7-22(16)12-18(25)21(2)3/h4-10H,11-12H2,1-3H3,(H,20,24). The highest BCUT2D eigenvalue weighted by atomic mass is 16.2. The minimum absolute atomic E-state index is 0.0318. The second kappa shape index (κ2) is 6.80. The van der Waals surface area contributed by atoms with Crippen LogP contribution in [0.1, 0.15) is 5.56 Å². The van der Waals surface area contributed by atoms with Gasteiger partial charge in [-0.2, -0.15) is 5.10 Å². The van der Waals surface area contributed by atoms with Crippen LogP contribution in [0.25, 0.3) is 10.9 Å². The van der Waals surface area contributed by atoms with Crippen molar-refractivity contribution in [3.05, 3.63) is 48.4 Å². The summed E-state index contributed by atoms with van der Waals surface area (Å²) in [5.41, 5.74) is 2.69. The minimum atomic E-state index is -0.135. The Hall–Kier alpha value is -3.09. The zero-order valence-electron chi connectivity index (χ0n) is 14.6. The van der Waals surface area contributed by atoms with Gasteiger partial charge in [0.2, 0.25) is 11.8 Å². The predicted molar refractivity (Wildman–Crippen MR) is 96.2 cm³/mol. The van der Waals surface area contributed by atoms with E-state index in [0.717, 1.165) is 22.2 Å². The third kappa shape index (κ3) is 3.88. The zero-order valence-corrected chi connectivity index (χ0v) is 14.6. The number of hydrogen-bond acceptors (Lipinski definition) is 3. The van der Waals surface area contributed by atoms with E-state index in [-0.39, 0.29) is 18.4 Å². The highest BCUT2D eigenvalue weighted by Crippen LogP contribution is 2.20. The van der Waals surface area contributed by atoms with Crippen LogP contribution >= 0.6 is 0 Å². The topological polar surface area (TPSA) is 72.2 Å². The van der Waals surface area contributed by atoms with E-state index >= 15 is 0 Å². The Bertz CT molecular complexity index is 923. The predicted octanol–water partition coefficient (Wildman–Crippen LogP) is 1.87. The van der Waals surface area contributed by atoms with Gasteiger partial charge in [0.15, 0.2) is 0 Å². The zero-order chi connectivity index (χ0) is 18.0. The number of likely N-dealkylation sites (N-methyl/N-ethyl adjacent to an activating group) is 1. The van der Waals surface area contributed by atoms with Crippen LogP contribution in [0.5, 0.6) is 0 Å². The first-order valence-corrected chi connectivity index (χ1v) is 8.00. The first kappa shape index (κ1) is 16.8. The molecule has 0 saturated carbocycles. The number of carbonyl (C=O) groups excluding carboxylic acids is 2. The monoisotopic (exact) mass is 339 g/mol. The Kier molecular flexibility index (Phi) is 4.56. The smallest absolute Gasteiger partial charge is 0.246 e. The first-order chi connectivity index (χ1) is 11.9. The molecule has 7 nitrogen and oxygen atoms in total. The van der Waals surface area contributed by atoms with Crippen molar-refractivity contribution in [2.75, 3.05) is 19.4 Å². The molecule has 0 fully saturated rings. The fourth-order valence-electron chi connectivity index (χ4n) is 2.60. The lowest BCUT2D eigenvalue weighted by molar-refractivity contribution is -0.129. The van der Waals surface area contributed by atoms with Crippen molar-refractivity contribution in [2.45, 2.75) is 20.0 Å². The maximum Gasteiger partial charge on any atom is 0.246 e. The Labute approximate surface area is 145 Å². The highest BCUT2D eigenvalue weighted by Gasteiger charge is 2.10. The van der Waals surface area contributed by atoms with Gasteiger partial charge >= 0.3 is 0 Å². The number of hydrogen-bond donors (Lipinski definition) is 1. The molecule has 0 spiro atoms. The van der Waals surface area contributed by atoms with E-state index in [2.05, 4.69) is 10.4 Å². The van der Waals surface area contributed by atoms with Crippen molar-refractivity contribution in [3.8, 4) is 0 Å². The molecular formula is C18H21N5O2.